The average Bonchev–Trinajstić information content (AvgIpc) is 2.91. The summed E-state index contributed by atoms with van der Waals surface area (Å²) in [5.41, 5.74) is 0.549. The second-order valence-corrected chi connectivity index (χ2v) is 7.98. The number of hydrazone groups is 1. The summed E-state index contributed by atoms with van der Waals surface area (Å²) in [7, 11) is -4.00. The van der Waals surface area contributed by atoms with Crippen LogP contribution in [0.3, 0.4) is 0 Å². The van der Waals surface area contributed by atoms with Gasteiger partial charge in [0.05, 0.1) is 24.7 Å². The van der Waals surface area contributed by atoms with Crippen molar-refractivity contribution in [2.75, 3.05) is 0 Å². The third-order valence-corrected chi connectivity index (χ3v) is 5.50. The molecule has 0 bridgehead atoms. The number of nitro benzene ring substituents is 1. The number of aryl methyl sites for hydroxylation is 1. The third kappa shape index (κ3) is 4.06. The highest BCUT2D eigenvalue weighted by Crippen LogP contribution is 2.23. The molecule has 1 N–H and O–H groups in total. The molecule has 0 atom stereocenters. The maximum Gasteiger partial charge on any atom is 0.276 e. The van der Waals surface area contributed by atoms with E-state index in [1.165, 1.54) is 30.4 Å². The molecule has 1 heterocycles. The number of hydrogen-bond acceptors (Lipinski definition) is 6. The highest BCUT2D eigenvalue weighted by Gasteiger charge is 2.19. The van der Waals surface area contributed by atoms with Gasteiger partial charge in [0, 0.05) is 11.6 Å². The van der Waals surface area contributed by atoms with Crippen molar-refractivity contribution >= 4 is 44.4 Å². The van der Waals surface area contributed by atoms with Gasteiger partial charge in [-0.25, -0.2) is 0 Å². The molecule has 0 aliphatic heterocycles. The number of rotatable bonds is 5. The molecule has 2 rings (SSSR count). The zero-order valence-electron chi connectivity index (χ0n) is 12.1. The van der Waals surface area contributed by atoms with Crippen LogP contribution in [-0.2, 0) is 10.0 Å². The van der Waals surface area contributed by atoms with Crippen LogP contribution >= 0.6 is 22.9 Å². The fourth-order valence-electron chi connectivity index (χ4n) is 1.70. The Hall–Kier alpha value is -1.97. The molecule has 0 unspecified atom stereocenters. The van der Waals surface area contributed by atoms with Crippen molar-refractivity contribution in [3.63, 3.8) is 0 Å². The lowest BCUT2D eigenvalue weighted by atomic mass is 10.2. The van der Waals surface area contributed by atoms with Crippen LogP contribution in [0.2, 0.25) is 4.34 Å². The van der Waals surface area contributed by atoms with Crippen LogP contribution in [0.15, 0.2) is 40.3 Å². The molecule has 0 fully saturated rings. The predicted molar refractivity (Wildman–Crippen MR) is 89.7 cm³/mol. The number of nitro groups is 1. The van der Waals surface area contributed by atoms with E-state index >= 15 is 0 Å². The number of nitrogens with zero attached hydrogens (tertiary/aromatic N) is 2. The smallest absolute Gasteiger partial charge is 0.258 e. The molecule has 1 aromatic heterocycles. The molecular formula is C13H12ClN3O4S2. The third-order valence-electron chi connectivity index (χ3n) is 2.95. The largest absolute Gasteiger partial charge is 0.276 e. The molecular weight excluding hydrogens is 362 g/mol. The van der Waals surface area contributed by atoms with Gasteiger partial charge >= 0.3 is 0 Å². The van der Waals surface area contributed by atoms with Crippen LogP contribution in [0.4, 0.5) is 5.69 Å². The average molecular weight is 374 g/mol. The van der Waals surface area contributed by atoms with Gasteiger partial charge in [-0.2, -0.15) is 18.4 Å². The van der Waals surface area contributed by atoms with Crippen molar-refractivity contribution in [1.29, 1.82) is 0 Å². The lowest BCUT2D eigenvalue weighted by Gasteiger charge is -2.05. The number of halogens is 1. The summed E-state index contributed by atoms with van der Waals surface area (Å²) in [5, 5.41) is 14.7. The van der Waals surface area contributed by atoms with Gasteiger partial charge in [-0.3, -0.25) is 10.1 Å². The van der Waals surface area contributed by atoms with Crippen LogP contribution < -0.4 is 4.83 Å². The topological polar surface area (TPSA) is 102 Å². The Labute approximate surface area is 141 Å². The first kappa shape index (κ1) is 17.4. The Bertz CT molecular complexity index is 890. The second kappa shape index (κ2) is 6.65. The quantitative estimate of drug-likeness (QED) is 0.493. The minimum atomic E-state index is -4.00. The maximum atomic E-state index is 12.2. The molecule has 7 nitrogen and oxygen atoms in total. The Morgan fingerprint density at radius 2 is 2.04 bits per heavy atom. The Balaban J connectivity index is 2.29. The van der Waals surface area contributed by atoms with E-state index in [-0.39, 0.29) is 10.6 Å². The Morgan fingerprint density at radius 3 is 2.61 bits per heavy atom. The predicted octanol–water partition coefficient (Wildman–Crippen LogP) is 3.32. The Morgan fingerprint density at radius 1 is 1.35 bits per heavy atom. The van der Waals surface area contributed by atoms with E-state index in [0.29, 0.717) is 20.5 Å². The molecule has 0 aliphatic rings. The van der Waals surface area contributed by atoms with Crippen molar-refractivity contribution in [1.82, 2.24) is 4.83 Å². The molecule has 2 aromatic rings. The van der Waals surface area contributed by atoms with Crippen LogP contribution in [0.25, 0.3) is 0 Å². The molecule has 0 radical (unpaired) electrons. The molecule has 0 amide bonds. The maximum absolute atomic E-state index is 12.2. The van der Waals surface area contributed by atoms with Crippen molar-refractivity contribution in [2.45, 2.75) is 18.7 Å². The summed E-state index contributed by atoms with van der Waals surface area (Å²) < 4.78 is 25.0. The standard InChI is InChI=1S/C13H12ClN3O4S2/c1-8-3-4-10(7-11(8)17(18)19)23(20,21)16-15-9(2)12-5-6-13(14)22-12/h3-7,16H,1-2H3/b15-9+. The molecule has 0 spiro atoms. The zero-order valence-corrected chi connectivity index (χ0v) is 14.5. The molecule has 1 aromatic carbocycles. The summed E-state index contributed by atoms with van der Waals surface area (Å²) in [4.78, 5) is 12.8. The lowest BCUT2D eigenvalue weighted by molar-refractivity contribution is -0.385. The van der Waals surface area contributed by atoms with Crippen LogP contribution in [-0.4, -0.2) is 19.1 Å². The summed E-state index contributed by atoms with van der Waals surface area (Å²) in [6.07, 6.45) is 0. The summed E-state index contributed by atoms with van der Waals surface area (Å²) in [5.74, 6) is 0. The van der Waals surface area contributed by atoms with Gasteiger partial charge in [0.15, 0.2) is 0 Å². The highest BCUT2D eigenvalue weighted by atomic mass is 35.5. The van der Waals surface area contributed by atoms with Gasteiger partial charge in [0.1, 0.15) is 0 Å². The molecule has 0 saturated heterocycles. The fraction of sp³-hybridized carbons (Fsp3) is 0.154. The van der Waals surface area contributed by atoms with Gasteiger partial charge in [-0.05, 0) is 32.0 Å². The van der Waals surface area contributed by atoms with Gasteiger partial charge in [0.2, 0.25) is 0 Å². The fourth-order valence-corrected chi connectivity index (χ4v) is 3.56. The first-order chi connectivity index (χ1) is 10.7. The number of benzene rings is 1. The first-order valence-electron chi connectivity index (χ1n) is 6.27. The normalized spacial score (nSPS) is 12.2. The van der Waals surface area contributed by atoms with E-state index in [1.54, 1.807) is 19.1 Å². The van der Waals surface area contributed by atoms with Gasteiger partial charge in [-0.15, -0.1) is 11.3 Å². The minimum absolute atomic E-state index is 0.226. The molecule has 23 heavy (non-hydrogen) atoms. The van der Waals surface area contributed by atoms with Crippen molar-refractivity contribution in [2.24, 2.45) is 5.10 Å². The van der Waals surface area contributed by atoms with Gasteiger partial charge < -0.3 is 0 Å². The summed E-state index contributed by atoms with van der Waals surface area (Å²) in [6, 6.07) is 7.07. The Kier molecular flexibility index (Phi) is 5.03. The van der Waals surface area contributed by atoms with E-state index in [9.17, 15) is 18.5 Å². The van der Waals surface area contributed by atoms with Crippen molar-refractivity contribution in [3.05, 3.63) is 55.2 Å². The SMILES string of the molecule is C/C(=N\NS(=O)(=O)c1ccc(C)c([N+](=O)[O-])c1)c1ccc(Cl)s1. The van der Waals surface area contributed by atoms with E-state index in [2.05, 4.69) is 9.93 Å². The number of nitrogens with one attached hydrogen (secondary N) is 1. The molecule has 0 aliphatic carbocycles. The van der Waals surface area contributed by atoms with Crippen LogP contribution in [0.1, 0.15) is 17.4 Å². The zero-order chi connectivity index (χ0) is 17.2. The summed E-state index contributed by atoms with van der Waals surface area (Å²) in [6.45, 7) is 3.16. The van der Waals surface area contributed by atoms with Crippen LogP contribution in [0, 0.1) is 17.0 Å². The molecule has 0 saturated carbocycles. The first-order valence-corrected chi connectivity index (χ1v) is 8.95. The van der Waals surface area contributed by atoms with Gasteiger partial charge in [0.25, 0.3) is 15.7 Å². The van der Waals surface area contributed by atoms with Crippen molar-refractivity contribution in [3.8, 4) is 0 Å². The van der Waals surface area contributed by atoms with E-state index in [0.717, 1.165) is 6.07 Å². The van der Waals surface area contributed by atoms with E-state index < -0.39 is 14.9 Å². The number of hydrogen-bond donors (Lipinski definition) is 1. The van der Waals surface area contributed by atoms with Crippen LogP contribution in [0.5, 0.6) is 0 Å². The molecule has 10 heteroatoms. The molecule has 122 valence electrons. The number of thiophene rings is 1. The summed E-state index contributed by atoms with van der Waals surface area (Å²) >= 11 is 7.07. The monoisotopic (exact) mass is 373 g/mol. The number of sulfonamides is 1. The second-order valence-electron chi connectivity index (χ2n) is 4.60. The van der Waals surface area contributed by atoms with Gasteiger partial charge in [-0.1, -0.05) is 17.7 Å². The van der Waals surface area contributed by atoms with Crippen molar-refractivity contribution < 1.29 is 13.3 Å². The minimum Gasteiger partial charge on any atom is -0.258 e. The van der Waals surface area contributed by atoms with E-state index in [4.69, 9.17) is 11.6 Å². The lowest BCUT2D eigenvalue weighted by Crippen LogP contribution is -2.20. The highest BCUT2D eigenvalue weighted by molar-refractivity contribution is 7.89. The van der Waals surface area contributed by atoms with E-state index in [1.807, 2.05) is 0 Å².